The second-order valence-electron chi connectivity index (χ2n) is 5.31. The fourth-order valence-electron chi connectivity index (χ4n) is 2.67. The lowest BCUT2D eigenvalue weighted by atomic mass is 9.94. The lowest BCUT2D eigenvalue weighted by Gasteiger charge is -2.49. The second-order valence-corrected chi connectivity index (χ2v) is 6.22. The Morgan fingerprint density at radius 2 is 2.33 bits per heavy atom. The number of nitriles is 1. The third kappa shape index (κ3) is 2.68. The summed E-state index contributed by atoms with van der Waals surface area (Å²) < 4.78 is 1.07. The topological polar surface area (TPSA) is 39.1 Å². The van der Waals surface area contributed by atoms with Crippen molar-refractivity contribution in [1.29, 1.82) is 5.26 Å². The smallest absolute Gasteiger partial charge is 0.0643 e. The van der Waals surface area contributed by atoms with E-state index in [0.29, 0.717) is 6.42 Å². The number of hydrogen-bond donors (Lipinski definition) is 1. The predicted octanol–water partition coefficient (Wildman–Crippen LogP) is 2.92. The number of piperazine rings is 1. The molecule has 0 aliphatic carbocycles. The van der Waals surface area contributed by atoms with Crippen LogP contribution in [0.3, 0.4) is 0 Å². The lowest BCUT2D eigenvalue weighted by Crippen LogP contribution is -2.63. The first kappa shape index (κ1) is 13.4. The van der Waals surface area contributed by atoms with Crippen LogP contribution in [0.25, 0.3) is 0 Å². The molecule has 1 unspecified atom stereocenters. The van der Waals surface area contributed by atoms with Crippen LogP contribution in [-0.4, -0.2) is 24.7 Å². The van der Waals surface area contributed by atoms with Gasteiger partial charge in [0.2, 0.25) is 0 Å². The van der Waals surface area contributed by atoms with Crippen LogP contribution in [0.4, 0.5) is 5.69 Å². The monoisotopic (exact) mass is 307 g/mol. The van der Waals surface area contributed by atoms with Gasteiger partial charge in [0.1, 0.15) is 0 Å². The van der Waals surface area contributed by atoms with Gasteiger partial charge in [0.25, 0.3) is 0 Å². The third-order valence-electron chi connectivity index (χ3n) is 3.37. The van der Waals surface area contributed by atoms with E-state index in [1.54, 1.807) is 0 Å². The standard InChI is InChI=1S/C14H18BrN3/c1-14(2)10-17-9-13(6-7-16)18(14)12-5-3-4-11(15)8-12/h3-5,8,13,17H,6,9-10H2,1-2H3. The van der Waals surface area contributed by atoms with E-state index in [-0.39, 0.29) is 11.6 Å². The van der Waals surface area contributed by atoms with E-state index in [4.69, 9.17) is 5.26 Å². The molecule has 1 aliphatic heterocycles. The molecule has 1 aliphatic rings. The van der Waals surface area contributed by atoms with E-state index in [0.717, 1.165) is 17.6 Å². The number of rotatable bonds is 2. The molecular formula is C14H18BrN3. The minimum absolute atomic E-state index is 0.0144. The van der Waals surface area contributed by atoms with Gasteiger partial charge in [-0.3, -0.25) is 0 Å². The van der Waals surface area contributed by atoms with Crippen LogP contribution in [0.5, 0.6) is 0 Å². The molecule has 1 heterocycles. The molecule has 0 saturated carbocycles. The van der Waals surface area contributed by atoms with Crippen molar-refractivity contribution in [3.63, 3.8) is 0 Å². The first-order chi connectivity index (χ1) is 8.54. The molecule has 1 aromatic rings. The Kier molecular flexibility index (Phi) is 3.94. The van der Waals surface area contributed by atoms with Gasteiger partial charge < -0.3 is 10.2 Å². The molecule has 1 fully saturated rings. The van der Waals surface area contributed by atoms with Gasteiger partial charge in [0.05, 0.1) is 18.5 Å². The molecule has 3 nitrogen and oxygen atoms in total. The van der Waals surface area contributed by atoms with Gasteiger partial charge >= 0.3 is 0 Å². The average molecular weight is 308 g/mol. The molecule has 0 aromatic heterocycles. The quantitative estimate of drug-likeness (QED) is 0.913. The highest BCUT2D eigenvalue weighted by molar-refractivity contribution is 9.10. The summed E-state index contributed by atoms with van der Waals surface area (Å²) >= 11 is 3.52. The maximum absolute atomic E-state index is 8.99. The summed E-state index contributed by atoms with van der Waals surface area (Å²) in [5, 5.41) is 12.4. The summed E-state index contributed by atoms with van der Waals surface area (Å²) in [6, 6.07) is 10.8. The molecule has 1 aromatic carbocycles. The Morgan fingerprint density at radius 1 is 1.56 bits per heavy atom. The van der Waals surface area contributed by atoms with Gasteiger partial charge in [0.15, 0.2) is 0 Å². The van der Waals surface area contributed by atoms with Crippen LogP contribution in [0.1, 0.15) is 20.3 Å². The molecule has 4 heteroatoms. The van der Waals surface area contributed by atoms with Gasteiger partial charge in [-0.2, -0.15) is 5.26 Å². The summed E-state index contributed by atoms with van der Waals surface area (Å²) in [5.74, 6) is 0. The molecule has 0 spiro atoms. The fraction of sp³-hybridized carbons (Fsp3) is 0.500. The molecule has 18 heavy (non-hydrogen) atoms. The maximum atomic E-state index is 8.99. The molecule has 0 bridgehead atoms. The van der Waals surface area contributed by atoms with Crippen LogP contribution in [0.2, 0.25) is 0 Å². The highest BCUT2D eigenvalue weighted by atomic mass is 79.9. The molecule has 1 saturated heterocycles. The molecule has 2 rings (SSSR count). The number of anilines is 1. The predicted molar refractivity (Wildman–Crippen MR) is 77.6 cm³/mol. The van der Waals surface area contributed by atoms with Crippen LogP contribution >= 0.6 is 15.9 Å². The molecule has 96 valence electrons. The first-order valence-electron chi connectivity index (χ1n) is 6.17. The number of benzene rings is 1. The van der Waals surface area contributed by atoms with Gasteiger partial charge in [-0.25, -0.2) is 0 Å². The summed E-state index contributed by atoms with van der Waals surface area (Å²) in [6.07, 6.45) is 0.545. The minimum Gasteiger partial charge on any atom is -0.360 e. The Bertz CT molecular complexity index is 464. The van der Waals surface area contributed by atoms with Crippen molar-refractivity contribution < 1.29 is 0 Å². The number of hydrogen-bond acceptors (Lipinski definition) is 3. The van der Waals surface area contributed by atoms with Crippen molar-refractivity contribution >= 4 is 21.6 Å². The Morgan fingerprint density at radius 3 is 3.00 bits per heavy atom. The summed E-state index contributed by atoms with van der Waals surface area (Å²) in [5.41, 5.74) is 1.19. The highest BCUT2D eigenvalue weighted by Gasteiger charge is 2.36. The van der Waals surface area contributed by atoms with Gasteiger partial charge in [-0.05, 0) is 32.0 Å². The average Bonchev–Trinajstić information content (AvgIpc) is 2.28. The van der Waals surface area contributed by atoms with E-state index >= 15 is 0 Å². The zero-order chi connectivity index (χ0) is 13.2. The van der Waals surface area contributed by atoms with Crippen LogP contribution < -0.4 is 10.2 Å². The molecule has 1 atom stereocenters. The molecule has 0 amide bonds. The second kappa shape index (κ2) is 5.29. The summed E-state index contributed by atoms with van der Waals surface area (Å²) in [7, 11) is 0. The van der Waals surface area contributed by atoms with Crippen LogP contribution in [-0.2, 0) is 0 Å². The van der Waals surface area contributed by atoms with Crippen LogP contribution in [0, 0.1) is 11.3 Å². The lowest BCUT2D eigenvalue weighted by molar-refractivity contribution is 0.324. The van der Waals surface area contributed by atoms with E-state index in [2.05, 4.69) is 58.2 Å². The summed E-state index contributed by atoms with van der Waals surface area (Å²) in [4.78, 5) is 2.37. The Hall–Kier alpha value is -1.05. The van der Waals surface area contributed by atoms with E-state index in [9.17, 15) is 0 Å². The first-order valence-corrected chi connectivity index (χ1v) is 6.96. The normalized spacial score (nSPS) is 22.6. The van der Waals surface area contributed by atoms with Gasteiger partial charge in [-0.1, -0.05) is 22.0 Å². The molecular weight excluding hydrogens is 290 g/mol. The number of nitrogens with one attached hydrogen (secondary N) is 1. The Labute approximate surface area is 117 Å². The van der Waals surface area contributed by atoms with Crippen LogP contribution in [0.15, 0.2) is 28.7 Å². The highest BCUT2D eigenvalue weighted by Crippen LogP contribution is 2.31. The number of halogens is 1. The Balaban J connectivity index is 2.37. The van der Waals surface area contributed by atoms with Gasteiger partial charge in [0, 0.05) is 28.8 Å². The van der Waals surface area contributed by atoms with E-state index < -0.39 is 0 Å². The van der Waals surface area contributed by atoms with E-state index in [1.807, 2.05) is 12.1 Å². The zero-order valence-electron chi connectivity index (χ0n) is 10.8. The maximum Gasteiger partial charge on any atom is 0.0643 e. The summed E-state index contributed by atoms with van der Waals surface area (Å²) in [6.45, 7) is 6.22. The van der Waals surface area contributed by atoms with Crippen molar-refractivity contribution in [1.82, 2.24) is 5.32 Å². The van der Waals surface area contributed by atoms with E-state index in [1.165, 1.54) is 5.69 Å². The van der Waals surface area contributed by atoms with Gasteiger partial charge in [-0.15, -0.1) is 0 Å². The van der Waals surface area contributed by atoms with Crippen molar-refractivity contribution in [3.05, 3.63) is 28.7 Å². The van der Waals surface area contributed by atoms with Crippen molar-refractivity contribution in [2.24, 2.45) is 0 Å². The SMILES string of the molecule is CC1(C)CNCC(CC#N)N1c1cccc(Br)c1. The zero-order valence-corrected chi connectivity index (χ0v) is 12.4. The van der Waals surface area contributed by atoms with Crippen molar-refractivity contribution in [3.8, 4) is 6.07 Å². The minimum atomic E-state index is 0.0144. The number of nitrogens with zero attached hydrogens (tertiary/aromatic N) is 2. The van der Waals surface area contributed by atoms with Crippen molar-refractivity contribution in [2.45, 2.75) is 31.8 Å². The van der Waals surface area contributed by atoms with Crippen molar-refractivity contribution in [2.75, 3.05) is 18.0 Å². The fourth-order valence-corrected chi connectivity index (χ4v) is 3.06. The largest absolute Gasteiger partial charge is 0.360 e. The molecule has 1 N–H and O–H groups in total. The third-order valence-corrected chi connectivity index (χ3v) is 3.86. The molecule has 0 radical (unpaired) electrons.